The van der Waals surface area contributed by atoms with Crippen molar-refractivity contribution in [3.63, 3.8) is 0 Å². The Balaban J connectivity index is 0. The molecule has 0 unspecified atom stereocenters. The second kappa shape index (κ2) is 51.4. The minimum atomic E-state index is 0. The molecule has 0 spiro atoms. The first-order chi connectivity index (χ1) is 0. The van der Waals surface area contributed by atoms with Crippen LogP contribution in [0.5, 0.6) is 0 Å². The van der Waals surface area contributed by atoms with Crippen molar-refractivity contribution >= 4 is 122 Å². The van der Waals surface area contributed by atoms with Gasteiger partial charge in [0, 0.05) is 0 Å². The van der Waals surface area contributed by atoms with Crippen LogP contribution in [0.25, 0.3) is 0 Å². The Morgan fingerprint density at radius 3 is 0.750 bits per heavy atom. The van der Waals surface area contributed by atoms with Gasteiger partial charge >= 0.3 is 153 Å². The molecule has 0 aromatic carbocycles. The zero-order valence-electron chi connectivity index (χ0n) is 11.0. The monoisotopic (exact) mass is 374 g/mol. The van der Waals surface area contributed by atoms with Crippen molar-refractivity contribution in [2.45, 2.75) is 0 Å². The first-order valence-electron chi connectivity index (χ1n) is 0. The fraction of sp³-hybridized carbons (Fsp3) is 0. The largest absolute Gasteiger partial charge is 2.00 e. The van der Waals surface area contributed by atoms with Crippen LogP contribution in [-0.2, 0) is 0 Å². The van der Waals surface area contributed by atoms with Gasteiger partial charge in [0.25, 0.3) is 0 Å². The van der Waals surface area contributed by atoms with E-state index in [-0.39, 0.29) is 211 Å². The zero-order chi connectivity index (χ0) is 0. The van der Waals surface area contributed by atoms with Gasteiger partial charge in [-0.2, -0.15) is 0 Å². The summed E-state index contributed by atoms with van der Waals surface area (Å²) in [5, 5.41) is 0. The van der Waals surface area contributed by atoms with Crippen molar-refractivity contribution < 1.29 is 89.5 Å². The number of hydrogen-bond donors (Lipinski definition) is 0. The quantitative estimate of drug-likeness (QED) is 0.375. The number of halogens is 4. The molecule has 44 valence electrons. The van der Waals surface area contributed by atoms with E-state index >= 15 is 0 Å². The van der Waals surface area contributed by atoms with Gasteiger partial charge in [-0.3, -0.25) is 0 Å². The Morgan fingerprint density at radius 1 is 0.750 bits per heavy atom. The Morgan fingerprint density at radius 2 is 0.750 bits per heavy atom. The fourth-order valence-corrected chi connectivity index (χ4v) is 0. The van der Waals surface area contributed by atoms with Crippen LogP contribution in [0.2, 0.25) is 0 Å². The van der Waals surface area contributed by atoms with Gasteiger partial charge in [0.05, 0.1) is 0 Å². The maximum atomic E-state index is 0. The summed E-state index contributed by atoms with van der Waals surface area (Å²) in [6, 6.07) is 0. The first-order valence-corrected chi connectivity index (χ1v) is 0. The maximum absolute atomic E-state index is 0. The Kier molecular flexibility index (Phi) is 416. The summed E-state index contributed by atoms with van der Waals surface area (Å²) in [5.74, 6) is 0. The SMILES string of the molecule is Cl.Cl.Cl.Cl.[Ba+2].[H-].[H-].[H-].[H-].[H-].[H-].[K+].[Mg+2].[Na+]. The zero-order valence-corrected chi connectivity index (χ0v) is 19.3. The molecule has 0 aromatic rings. The van der Waals surface area contributed by atoms with Gasteiger partial charge in [-0.1, -0.05) is 0 Å². The van der Waals surface area contributed by atoms with Crippen molar-refractivity contribution in [1.29, 1.82) is 0 Å². The van der Waals surface area contributed by atoms with Gasteiger partial charge in [-0.25, -0.2) is 0 Å². The Hall–Kier alpha value is 6.13. The predicted molar refractivity (Wildman–Crippen MR) is 47.2 cm³/mol. The van der Waals surface area contributed by atoms with Crippen molar-refractivity contribution in [2.75, 3.05) is 0 Å². The molecule has 0 aliphatic carbocycles. The molecule has 0 aliphatic rings. The summed E-state index contributed by atoms with van der Waals surface area (Å²) in [6.07, 6.45) is 0. The van der Waals surface area contributed by atoms with Crippen LogP contribution < -0.4 is 80.9 Å². The smallest absolute Gasteiger partial charge is 1.00 e. The molecule has 8 heavy (non-hydrogen) atoms. The van der Waals surface area contributed by atoms with Crippen molar-refractivity contribution in [3.05, 3.63) is 0 Å². The van der Waals surface area contributed by atoms with E-state index < -0.39 is 0 Å². The molecular formula is H10BaCl4KMgNa. The van der Waals surface area contributed by atoms with Crippen molar-refractivity contribution in [3.8, 4) is 0 Å². The molecule has 0 saturated carbocycles. The van der Waals surface area contributed by atoms with E-state index in [1.54, 1.807) is 0 Å². The summed E-state index contributed by atoms with van der Waals surface area (Å²) in [7, 11) is 0. The molecule has 0 saturated heterocycles. The molecule has 0 heterocycles. The van der Waals surface area contributed by atoms with Crippen molar-refractivity contribution in [2.24, 2.45) is 0 Å². The molecular weight excluding hydrogens is 366 g/mol. The van der Waals surface area contributed by atoms with E-state index in [0.29, 0.717) is 0 Å². The van der Waals surface area contributed by atoms with E-state index in [9.17, 15) is 0 Å². The minimum absolute atomic E-state index is 0. The molecule has 0 aromatic heterocycles. The van der Waals surface area contributed by atoms with Gasteiger partial charge in [0.15, 0.2) is 0 Å². The van der Waals surface area contributed by atoms with Gasteiger partial charge in [0.1, 0.15) is 0 Å². The number of hydrogen-bond acceptors (Lipinski definition) is 0. The van der Waals surface area contributed by atoms with Gasteiger partial charge in [-0.15, -0.1) is 49.6 Å². The van der Waals surface area contributed by atoms with Crippen LogP contribution in [0.15, 0.2) is 0 Å². The third-order valence-corrected chi connectivity index (χ3v) is 0. The molecule has 0 fully saturated rings. The van der Waals surface area contributed by atoms with Crippen LogP contribution in [-0.4, -0.2) is 71.9 Å². The molecule has 0 aliphatic heterocycles. The molecule has 0 bridgehead atoms. The van der Waals surface area contributed by atoms with Crippen LogP contribution >= 0.6 is 49.6 Å². The standard InChI is InChI=1S/Ba.4ClH.K.Mg.Na.6H/h;4*1H;;;;;;;;;/q+2;;;;;+1;+2;+1;6*-1. The molecule has 8 heteroatoms. The summed E-state index contributed by atoms with van der Waals surface area (Å²) in [4.78, 5) is 0. The van der Waals surface area contributed by atoms with E-state index in [2.05, 4.69) is 0 Å². The van der Waals surface area contributed by atoms with E-state index in [4.69, 9.17) is 0 Å². The van der Waals surface area contributed by atoms with Crippen LogP contribution in [0, 0.1) is 0 Å². The first kappa shape index (κ1) is 64.8. The topological polar surface area (TPSA) is 0 Å². The molecule has 0 nitrogen and oxygen atoms in total. The third kappa shape index (κ3) is 40.0. The predicted octanol–water partition coefficient (Wildman–Crippen LogP) is -4.39. The summed E-state index contributed by atoms with van der Waals surface area (Å²) in [6.45, 7) is 0. The van der Waals surface area contributed by atoms with Gasteiger partial charge in [-0.05, 0) is 0 Å². The molecule has 0 rings (SSSR count). The minimum Gasteiger partial charge on any atom is -1.00 e. The Bertz CT molecular complexity index is 29.8. The summed E-state index contributed by atoms with van der Waals surface area (Å²) >= 11 is 0. The summed E-state index contributed by atoms with van der Waals surface area (Å²) < 4.78 is 0. The summed E-state index contributed by atoms with van der Waals surface area (Å²) in [5.41, 5.74) is 0. The second-order valence-corrected chi connectivity index (χ2v) is 0. The molecule has 0 amide bonds. The Labute approximate surface area is 205 Å². The normalized spacial score (nSPS) is 0. The van der Waals surface area contributed by atoms with Crippen LogP contribution in [0.4, 0.5) is 0 Å². The average molecular weight is 376 g/mol. The van der Waals surface area contributed by atoms with Gasteiger partial charge in [0.2, 0.25) is 0 Å². The molecule has 0 atom stereocenters. The van der Waals surface area contributed by atoms with Gasteiger partial charge < -0.3 is 8.56 Å². The average Bonchev–Trinajstić information content (AvgIpc) is 0. The van der Waals surface area contributed by atoms with E-state index in [1.165, 1.54) is 0 Å². The van der Waals surface area contributed by atoms with E-state index in [0.717, 1.165) is 0 Å². The van der Waals surface area contributed by atoms with Crippen LogP contribution in [0.1, 0.15) is 8.56 Å². The molecule has 0 radical (unpaired) electrons. The fourth-order valence-electron chi connectivity index (χ4n) is 0. The van der Waals surface area contributed by atoms with Crippen LogP contribution in [0.3, 0.4) is 0 Å². The van der Waals surface area contributed by atoms with E-state index in [1.807, 2.05) is 0 Å². The second-order valence-electron chi connectivity index (χ2n) is 0. The third-order valence-electron chi connectivity index (χ3n) is 0. The maximum Gasteiger partial charge on any atom is 2.00 e. The molecule has 0 N–H and O–H groups in total. The van der Waals surface area contributed by atoms with Crippen molar-refractivity contribution in [1.82, 2.24) is 0 Å². The number of rotatable bonds is 0.